The van der Waals surface area contributed by atoms with Gasteiger partial charge in [-0.15, -0.1) is 0 Å². The summed E-state index contributed by atoms with van der Waals surface area (Å²) >= 11 is 0. The molecule has 0 aliphatic heterocycles. The second-order valence-electron chi connectivity index (χ2n) is 12.0. The van der Waals surface area contributed by atoms with Gasteiger partial charge in [-0.05, 0) is 40.6 Å². The second kappa shape index (κ2) is 10.5. The lowest BCUT2D eigenvalue weighted by molar-refractivity contribution is 0.669. The first kappa shape index (κ1) is 26.6. The number of hydrogen-bond acceptors (Lipinski definition) is 4. The van der Waals surface area contributed by atoms with Crippen LogP contribution in [0.25, 0.3) is 94.4 Å². The molecule has 0 fully saturated rings. The van der Waals surface area contributed by atoms with Crippen LogP contribution in [0.4, 0.5) is 0 Å². The molecule has 3 heterocycles. The molecule has 0 atom stereocenters. The topological polar surface area (TPSA) is 56.7 Å². The predicted molar refractivity (Wildman–Crippen MR) is 195 cm³/mol. The largest absolute Gasteiger partial charge is 0.456 e. The Bertz CT molecular complexity index is 2780. The first-order valence-corrected chi connectivity index (χ1v) is 16.0. The maximum absolute atomic E-state index is 6.35. The standard InChI is InChI=1S/C43H26N4O/c1-3-13-28(14-4-1)41-44-42(29-15-5-2-6-16-29)46-43(45-41)47-36-25-23-27-12-7-8-17-31(27)39(36)35-20-11-19-32(40(35)47)30-22-24-34-33-18-9-10-21-37(33)48-38(34)26-30/h1-26H. The SMILES string of the molecule is c1ccc(-c2nc(-c3ccccc3)nc(-n3c4ccc5ccccc5c4c4cccc(-c5ccc6c(c5)oc5ccccc56)c43)n2)cc1. The lowest BCUT2D eigenvalue weighted by Crippen LogP contribution is -2.07. The van der Waals surface area contributed by atoms with E-state index < -0.39 is 0 Å². The average Bonchev–Trinajstić information content (AvgIpc) is 3.71. The van der Waals surface area contributed by atoms with Crippen molar-refractivity contribution in [2.75, 3.05) is 0 Å². The van der Waals surface area contributed by atoms with Crippen LogP contribution in [0.15, 0.2) is 162 Å². The Morgan fingerprint density at radius 3 is 1.85 bits per heavy atom. The Hall–Kier alpha value is -6.59. The van der Waals surface area contributed by atoms with Crippen molar-refractivity contribution < 1.29 is 4.42 Å². The van der Waals surface area contributed by atoms with Crippen molar-refractivity contribution in [2.45, 2.75) is 0 Å². The molecule has 0 aliphatic carbocycles. The highest BCUT2D eigenvalue weighted by Gasteiger charge is 2.22. The van der Waals surface area contributed by atoms with Crippen LogP contribution in [-0.4, -0.2) is 19.5 Å². The van der Waals surface area contributed by atoms with Crippen LogP contribution < -0.4 is 0 Å². The molecule has 10 aromatic rings. The number of rotatable bonds is 4. The van der Waals surface area contributed by atoms with Crippen LogP contribution in [0.2, 0.25) is 0 Å². The van der Waals surface area contributed by atoms with E-state index in [1.165, 1.54) is 10.8 Å². The molecule has 0 unspecified atom stereocenters. The lowest BCUT2D eigenvalue weighted by atomic mass is 9.99. The Morgan fingerprint density at radius 2 is 1.08 bits per heavy atom. The summed E-state index contributed by atoms with van der Waals surface area (Å²) in [7, 11) is 0. The highest BCUT2D eigenvalue weighted by Crippen LogP contribution is 2.42. The Labute approximate surface area is 275 Å². The molecule has 5 heteroatoms. The van der Waals surface area contributed by atoms with Crippen molar-refractivity contribution in [3.05, 3.63) is 158 Å². The summed E-state index contributed by atoms with van der Waals surface area (Å²) in [6.45, 7) is 0. The number of fused-ring (bicyclic) bond motifs is 8. The number of hydrogen-bond donors (Lipinski definition) is 0. The minimum atomic E-state index is 0.565. The highest BCUT2D eigenvalue weighted by atomic mass is 16.3. The highest BCUT2D eigenvalue weighted by molar-refractivity contribution is 6.23. The smallest absolute Gasteiger partial charge is 0.238 e. The first-order chi connectivity index (χ1) is 23.8. The fraction of sp³-hybridized carbons (Fsp3) is 0. The fourth-order valence-corrected chi connectivity index (χ4v) is 7.07. The minimum Gasteiger partial charge on any atom is -0.456 e. The van der Waals surface area contributed by atoms with E-state index in [0.29, 0.717) is 17.6 Å². The van der Waals surface area contributed by atoms with Gasteiger partial charge in [0.05, 0.1) is 11.0 Å². The van der Waals surface area contributed by atoms with Gasteiger partial charge in [0.15, 0.2) is 11.6 Å². The van der Waals surface area contributed by atoms with Crippen molar-refractivity contribution in [1.29, 1.82) is 0 Å². The molecular weight excluding hydrogens is 589 g/mol. The van der Waals surface area contributed by atoms with Gasteiger partial charge in [-0.2, -0.15) is 9.97 Å². The minimum absolute atomic E-state index is 0.565. The molecule has 0 amide bonds. The molecular formula is C43H26N4O. The summed E-state index contributed by atoms with van der Waals surface area (Å²) in [5, 5.41) is 6.88. The molecule has 0 aliphatic rings. The van der Waals surface area contributed by atoms with E-state index in [1.807, 2.05) is 72.8 Å². The zero-order chi connectivity index (χ0) is 31.6. The zero-order valence-corrected chi connectivity index (χ0v) is 25.7. The third-order valence-electron chi connectivity index (χ3n) is 9.25. The monoisotopic (exact) mass is 614 g/mol. The summed E-state index contributed by atoms with van der Waals surface area (Å²) in [6, 6.07) is 54.4. The summed E-state index contributed by atoms with van der Waals surface area (Å²) < 4.78 is 8.57. The second-order valence-corrected chi connectivity index (χ2v) is 12.0. The van der Waals surface area contributed by atoms with Gasteiger partial charge in [0.25, 0.3) is 0 Å². The molecule has 0 spiro atoms. The van der Waals surface area contributed by atoms with Crippen LogP contribution in [0.1, 0.15) is 0 Å². The number of para-hydroxylation sites is 2. The van der Waals surface area contributed by atoms with Gasteiger partial charge in [0.2, 0.25) is 5.95 Å². The number of benzene rings is 7. The van der Waals surface area contributed by atoms with Gasteiger partial charge >= 0.3 is 0 Å². The van der Waals surface area contributed by atoms with E-state index in [2.05, 4.69) is 89.5 Å². The van der Waals surface area contributed by atoms with Crippen molar-refractivity contribution in [3.8, 4) is 39.9 Å². The Morgan fingerprint density at radius 1 is 0.438 bits per heavy atom. The van der Waals surface area contributed by atoms with Crippen molar-refractivity contribution in [3.63, 3.8) is 0 Å². The van der Waals surface area contributed by atoms with Crippen LogP contribution >= 0.6 is 0 Å². The van der Waals surface area contributed by atoms with E-state index in [9.17, 15) is 0 Å². The number of nitrogens with zero attached hydrogens (tertiary/aromatic N) is 4. The number of furan rings is 1. The zero-order valence-electron chi connectivity index (χ0n) is 25.7. The van der Waals surface area contributed by atoms with Gasteiger partial charge in [-0.1, -0.05) is 133 Å². The summed E-state index contributed by atoms with van der Waals surface area (Å²) in [5.41, 5.74) is 7.79. The van der Waals surface area contributed by atoms with Crippen LogP contribution in [0.3, 0.4) is 0 Å². The summed E-state index contributed by atoms with van der Waals surface area (Å²) in [4.78, 5) is 15.4. The maximum atomic E-state index is 6.35. The van der Waals surface area contributed by atoms with E-state index >= 15 is 0 Å². The predicted octanol–water partition coefficient (Wildman–Crippen LogP) is 11.0. The van der Waals surface area contributed by atoms with Crippen molar-refractivity contribution in [2.24, 2.45) is 0 Å². The molecule has 0 radical (unpaired) electrons. The van der Waals surface area contributed by atoms with Crippen LogP contribution in [-0.2, 0) is 0 Å². The van der Waals surface area contributed by atoms with Gasteiger partial charge in [0.1, 0.15) is 11.2 Å². The Kier molecular flexibility index (Phi) is 5.81. The van der Waals surface area contributed by atoms with Gasteiger partial charge in [-0.25, -0.2) is 4.98 Å². The van der Waals surface area contributed by atoms with Crippen LogP contribution in [0.5, 0.6) is 0 Å². The van der Waals surface area contributed by atoms with E-state index in [0.717, 1.165) is 66.0 Å². The summed E-state index contributed by atoms with van der Waals surface area (Å²) in [5.74, 6) is 1.81. The third-order valence-corrected chi connectivity index (χ3v) is 9.25. The molecule has 224 valence electrons. The van der Waals surface area contributed by atoms with Crippen molar-refractivity contribution in [1.82, 2.24) is 19.5 Å². The fourth-order valence-electron chi connectivity index (χ4n) is 7.07. The van der Waals surface area contributed by atoms with Gasteiger partial charge in [0, 0.05) is 38.2 Å². The number of aromatic nitrogens is 4. The summed E-state index contributed by atoms with van der Waals surface area (Å²) in [6.07, 6.45) is 0. The first-order valence-electron chi connectivity index (χ1n) is 16.0. The lowest BCUT2D eigenvalue weighted by Gasteiger charge is -2.13. The molecule has 48 heavy (non-hydrogen) atoms. The van der Waals surface area contributed by atoms with E-state index in [-0.39, 0.29) is 0 Å². The van der Waals surface area contributed by atoms with Crippen molar-refractivity contribution >= 4 is 54.5 Å². The van der Waals surface area contributed by atoms with Crippen LogP contribution in [0, 0.1) is 0 Å². The molecule has 10 rings (SSSR count). The third kappa shape index (κ3) is 4.08. The molecule has 7 aromatic carbocycles. The molecule has 0 bridgehead atoms. The Balaban J connectivity index is 1.33. The quantitative estimate of drug-likeness (QED) is 0.198. The maximum Gasteiger partial charge on any atom is 0.238 e. The molecule has 0 N–H and O–H groups in total. The molecule has 0 saturated carbocycles. The normalized spacial score (nSPS) is 11.8. The van der Waals surface area contributed by atoms with E-state index in [4.69, 9.17) is 19.4 Å². The molecule has 5 nitrogen and oxygen atoms in total. The van der Waals surface area contributed by atoms with Gasteiger partial charge in [-0.3, -0.25) is 4.57 Å². The molecule has 3 aromatic heterocycles. The van der Waals surface area contributed by atoms with Gasteiger partial charge < -0.3 is 4.42 Å². The average molecular weight is 615 g/mol. The van der Waals surface area contributed by atoms with E-state index in [1.54, 1.807) is 0 Å². The molecule has 0 saturated heterocycles.